The monoisotopic (exact) mass is 333 g/mol. The van der Waals surface area contributed by atoms with Crippen molar-refractivity contribution in [2.75, 3.05) is 12.4 Å². The van der Waals surface area contributed by atoms with Gasteiger partial charge in [-0.15, -0.1) is 11.3 Å². The van der Waals surface area contributed by atoms with Gasteiger partial charge in [0.2, 0.25) is 0 Å². The number of ether oxygens (including phenoxy) is 1. The molecule has 6 heteroatoms. The van der Waals surface area contributed by atoms with Crippen LogP contribution in [-0.2, 0) is 13.0 Å². The number of nitrogens with zero attached hydrogens (tertiary/aromatic N) is 2. The standard InChI is InChI=1S/C16H16ClN3OS/c1-3-11-7-12-15(19-9-20-16(12)22-11)18-8-10-4-5-14(21-2)13(17)6-10/h4-7,9H,3,8H2,1-2H3,(H,18,19,20). The predicted molar refractivity (Wildman–Crippen MR) is 92.1 cm³/mol. The van der Waals surface area contributed by atoms with Crippen molar-refractivity contribution < 1.29 is 4.74 Å². The van der Waals surface area contributed by atoms with E-state index in [1.807, 2.05) is 18.2 Å². The van der Waals surface area contributed by atoms with Gasteiger partial charge < -0.3 is 10.1 Å². The molecule has 3 rings (SSSR count). The highest BCUT2D eigenvalue weighted by atomic mass is 35.5. The molecule has 0 saturated heterocycles. The van der Waals surface area contributed by atoms with Crippen LogP contribution in [0.2, 0.25) is 5.02 Å². The van der Waals surface area contributed by atoms with Gasteiger partial charge in [0.1, 0.15) is 22.7 Å². The van der Waals surface area contributed by atoms with Crippen molar-refractivity contribution in [2.24, 2.45) is 0 Å². The third kappa shape index (κ3) is 3.00. The van der Waals surface area contributed by atoms with Gasteiger partial charge in [-0.2, -0.15) is 0 Å². The van der Waals surface area contributed by atoms with Crippen molar-refractivity contribution in [1.29, 1.82) is 0 Å². The largest absolute Gasteiger partial charge is 0.495 e. The molecule has 2 aromatic heterocycles. The van der Waals surface area contributed by atoms with Crippen LogP contribution in [0.15, 0.2) is 30.6 Å². The molecule has 3 aromatic rings. The van der Waals surface area contributed by atoms with E-state index in [0.717, 1.165) is 28.0 Å². The average Bonchev–Trinajstić information content (AvgIpc) is 2.96. The summed E-state index contributed by atoms with van der Waals surface area (Å²) >= 11 is 7.86. The molecular weight excluding hydrogens is 318 g/mol. The Balaban J connectivity index is 1.81. The van der Waals surface area contributed by atoms with E-state index in [4.69, 9.17) is 16.3 Å². The summed E-state index contributed by atoms with van der Waals surface area (Å²) in [5, 5.41) is 5.04. The van der Waals surface area contributed by atoms with Crippen molar-refractivity contribution in [3.8, 4) is 5.75 Å². The first-order valence-corrected chi connectivity index (χ1v) is 8.20. The number of hydrogen-bond acceptors (Lipinski definition) is 5. The van der Waals surface area contributed by atoms with E-state index < -0.39 is 0 Å². The first-order chi connectivity index (χ1) is 10.7. The lowest BCUT2D eigenvalue weighted by atomic mass is 10.2. The normalized spacial score (nSPS) is 10.9. The Bertz CT molecular complexity index is 803. The number of thiophene rings is 1. The molecule has 0 unspecified atom stereocenters. The van der Waals surface area contributed by atoms with Crippen LogP contribution in [0, 0.1) is 0 Å². The van der Waals surface area contributed by atoms with E-state index >= 15 is 0 Å². The van der Waals surface area contributed by atoms with Gasteiger partial charge in [-0.1, -0.05) is 24.6 Å². The van der Waals surface area contributed by atoms with E-state index in [1.54, 1.807) is 24.8 Å². The van der Waals surface area contributed by atoms with Crippen molar-refractivity contribution >= 4 is 39.0 Å². The highest BCUT2D eigenvalue weighted by Crippen LogP contribution is 2.29. The van der Waals surface area contributed by atoms with Gasteiger partial charge in [-0.05, 0) is 30.2 Å². The molecule has 0 amide bonds. The average molecular weight is 334 g/mol. The van der Waals surface area contributed by atoms with Gasteiger partial charge in [-0.25, -0.2) is 9.97 Å². The van der Waals surface area contributed by atoms with Crippen molar-refractivity contribution in [3.05, 3.63) is 46.1 Å². The molecule has 0 saturated carbocycles. The van der Waals surface area contributed by atoms with Crippen LogP contribution in [-0.4, -0.2) is 17.1 Å². The van der Waals surface area contributed by atoms with Gasteiger partial charge >= 0.3 is 0 Å². The fraction of sp³-hybridized carbons (Fsp3) is 0.250. The molecule has 22 heavy (non-hydrogen) atoms. The zero-order valence-corrected chi connectivity index (χ0v) is 14.0. The van der Waals surface area contributed by atoms with Crippen LogP contribution in [0.3, 0.4) is 0 Å². The quantitative estimate of drug-likeness (QED) is 0.745. The zero-order valence-electron chi connectivity index (χ0n) is 12.4. The summed E-state index contributed by atoms with van der Waals surface area (Å²) in [6.07, 6.45) is 2.61. The maximum Gasteiger partial charge on any atom is 0.138 e. The molecule has 0 atom stereocenters. The van der Waals surface area contributed by atoms with Crippen LogP contribution in [0.5, 0.6) is 5.75 Å². The Labute approximate surface area is 138 Å². The lowest BCUT2D eigenvalue weighted by molar-refractivity contribution is 0.415. The molecule has 0 aliphatic rings. The maximum atomic E-state index is 6.15. The number of aromatic nitrogens is 2. The van der Waals surface area contributed by atoms with E-state index in [0.29, 0.717) is 17.3 Å². The zero-order chi connectivity index (χ0) is 15.5. The molecule has 0 aliphatic carbocycles. The molecule has 1 N–H and O–H groups in total. The predicted octanol–water partition coefficient (Wildman–Crippen LogP) is 4.53. The Kier molecular flexibility index (Phi) is 4.45. The van der Waals surface area contributed by atoms with Crippen molar-refractivity contribution in [2.45, 2.75) is 19.9 Å². The van der Waals surface area contributed by atoms with Crippen molar-refractivity contribution in [1.82, 2.24) is 9.97 Å². The Morgan fingerprint density at radius 1 is 1.27 bits per heavy atom. The van der Waals surface area contributed by atoms with Gasteiger partial charge in [-0.3, -0.25) is 0 Å². The van der Waals surface area contributed by atoms with E-state index in [1.165, 1.54) is 4.88 Å². The Morgan fingerprint density at radius 3 is 2.86 bits per heavy atom. The van der Waals surface area contributed by atoms with E-state index in [2.05, 4.69) is 28.3 Å². The molecule has 1 aromatic carbocycles. The number of fused-ring (bicyclic) bond motifs is 1. The summed E-state index contributed by atoms with van der Waals surface area (Å²) in [5.41, 5.74) is 1.07. The summed E-state index contributed by atoms with van der Waals surface area (Å²) in [7, 11) is 1.61. The van der Waals surface area contributed by atoms with Crippen LogP contribution in [0.4, 0.5) is 5.82 Å². The van der Waals surface area contributed by atoms with Crippen molar-refractivity contribution in [3.63, 3.8) is 0 Å². The number of methoxy groups -OCH3 is 1. The lowest BCUT2D eigenvalue weighted by Crippen LogP contribution is -2.02. The number of rotatable bonds is 5. The second-order valence-corrected chi connectivity index (χ2v) is 6.35. The van der Waals surface area contributed by atoms with Crippen LogP contribution >= 0.6 is 22.9 Å². The van der Waals surface area contributed by atoms with Crippen LogP contribution in [0.1, 0.15) is 17.4 Å². The number of halogens is 1. The molecule has 114 valence electrons. The number of benzene rings is 1. The fourth-order valence-corrected chi connectivity index (χ4v) is 3.44. The molecule has 0 aliphatic heterocycles. The fourth-order valence-electron chi connectivity index (χ4n) is 2.23. The minimum Gasteiger partial charge on any atom is -0.495 e. The Hall–Kier alpha value is -1.85. The second kappa shape index (κ2) is 6.50. The van der Waals surface area contributed by atoms with Crippen LogP contribution < -0.4 is 10.1 Å². The minimum absolute atomic E-state index is 0.610. The molecule has 4 nitrogen and oxygen atoms in total. The SMILES string of the molecule is CCc1cc2c(NCc3ccc(OC)c(Cl)c3)ncnc2s1. The van der Waals surface area contributed by atoms with Gasteiger partial charge in [0, 0.05) is 11.4 Å². The third-order valence-corrected chi connectivity index (χ3v) is 4.89. The van der Waals surface area contributed by atoms with E-state index in [-0.39, 0.29) is 0 Å². The molecule has 0 spiro atoms. The number of nitrogens with one attached hydrogen (secondary N) is 1. The second-order valence-electron chi connectivity index (χ2n) is 4.83. The van der Waals surface area contributed by atoms with Gasteiger partial charge in [0.15, 0.2) is 0 Å². The third-order valence-electron chi connectivity index (χ3n) is 3.41. The van der Waals surface area contributed by atoms with Crippen LogP contribution in [0.25, 0.3) is 10.2 Å². The smallest absolute Gasteiger partial charge is 0.138 e. The summed E-state index contributed by atoms with van der Waals surface area (Å²) < 4.78 is 5.16. The minimum atomic E-state index is 0.610. The number of anilines is 1. The lowest BCUT2D eigenvalue weighted by Gasteiger charge is -2.08. The Morgan fingerprint density at radius 2 is 2.14 bits per heavy atom. The molecule has 0 bridgehead atoms. The van der Waals surface area contributed by atoms with Gasteiger partial charge in [0.05, 0.1) is 17.5 Å². The first kappa shape index (κ1) is 15.1. The first-order valence-electron chi connectivity index (χ1n) is 7.01. The topological polar surface area (TPSA) is 47.0 Å². The summed E-state index contributed by atoms with van der Waals surface area (Å²) in [6.45, 7) is 2.79. The highest BCUT2D eigenvalue weighted by Gasteiger charge is 2.08. The molecule has 0 radical (unpaired) electrons. The number of aryl methyl sites for hydroxylation is 1. The molecular formula is C16H16ClN3OS. The highest BCUT2D eigenvalue weighted by molar-refractivity contribution is 7.18. The molecule has 0 fully saturated rings. The maximum absolute atomic E-state index is 6.15. The summed E-state index contributed by atoms with van der Waals surface area (Å²) in [6, 6.07) is 7.91. The van der Waals surface area contributed by atoms with Gasteiger partial charge in [0.25, 0.3) is 0 Å². The summed E-state index contributed by atoms with van der Waals surface area (Å²) in [5.74, 6) is 1.54. The summed E-state index contributed by atoms with van der Waals surface area (Å²) in [4.78, 5) is 11.0. The van der Waals surface area contributed by atoms with E-state index in [9.17, 15) is 0 Å². The number of hydrogen-bond donors (Lipinski definition) is 1. The molecule has 2 heterocycles.